The molecule has 0 saturated heterocycles. The minimum atomic E-state index is -0.211. The van der Waals surface area contributed by atoms with Crippen LogP contribution in [0.3, 0.4) is 0 Å². The fourth-order valence-corrected chi connectivity index (χ4v) is 2.16. The second-order valence-electron chi connectivity index (χ2n) is 4.88. The van der Waals surface area contributed by atoms with Gasteiger partial charge in [-0.25, -0.2) is 4.39 Å². The van der Waals surface area contributed by atoms with Crippen LogP contribution in [0.1, 0.15) is 25.0 Å². The van der Waals surface area contributed by atoms with Gasteiger partial charge in [0.2, 0.25) is 0 Å². The summed E-state index contributed by atoms with van der Waals surface area (Å²) in [4.78, 5) is 0. The number of hydrogen-bond acceptors (Lipinski definition) is 3. The first-order chi connectivity index (χ1) is 10.7. The molecule has 23 heavy (non-hydrogen) atoms. The highest BCUT2D eigenvalue weighted by Gasteiger charge is 2.06. The van der Waals surface area contributed by atoms with Gasteiger partial charge in [0.15, 0.2) is 11.5 Å². The first-order valence-corrected chi connectivity index (χ1v) is 7.56. The van der Waals surface area contributed by atoms with Gasteiger partial charge < -0.3 is 14.8 Å². The molecule has 0 bridgehead atoms. The molecule has 0 fully saturated rings. The van der Waals surface area contributed by atoms with Crippen molar-refractivity contribution in [3.63, 3.8) is 0 Å². The van der Waals surface area contributed by atoms with Gasteiger partial charge in [0.25, 0.3) is 0 Å². The van der Waals surface area contributed by atoms with Crippen molar-refractivity contribution in [1.82, 2.24) is 5.32 Å². The van der Waals surface area contributed by atoms with E-state index < -0.39 is 0 Å². The first kappa shape index (κ1) is 19.3. The van der Waals surface area contributed by atoms with Crippen molar-refractivity contribution in [2.24, 2.45) is 0 Å². The van der Waals surface area contributed by atoms with E-state index in [1.54, 1.807) is 12.1 Å². The average molecular weight is 340 g/mol. The standard InChI is InChI=1S/C18H22FNO2.ClH/c1-3-21-17-10-7-15(11-18(17)22-4-2)13-20-12-14-5-8-16(19)9-6-14;/h5-11,20H,3-4,12-13H2,1-2H3;1H. The van der Waals surface area contributed by atoms with Crippen LogP contribution >= 0.6 is 12.4 Å². The van der Waals surface area contributed by atoms with Crippen molar-refractivity contribution in [1.29, 1.82) is 0 Å². The topological polar surface area (TPSA) is 30.5 Å². The van der Waals surface area contributed by atoms with Crippen LogP contribution in [0.4, 0.5) is 4.39 Å². The van der Waals surface area contributed by atoms with Crippen LogP contribution in [0.5, 0.6) is 11.5 Å². The highest BCUT2D eigenvalue weighted by Crippen LogP contribution is 2.28. The SMILES string of the molecule is CCOc1ccc(CNCc2ccc(F)cc2)cc1OCC.Cl. The number of halogens is 2. The van der Waals surface area contributed by atoms with Crippen LogP contribution in [0, 0.1) is 5.82 Å². The number of ether oxygens (including phenoxy) is 2. The summed E-state index contributed by atoms with van der Waals surface area (Å²) < 4.78 is 24.0. The lowest BCUT2D eigenvalue weighted by Crippen LogP contribution is -2.13. The summed E-state index contributed by atoms with van der Waals surface area (Å²) in [5, 5.41) is 3.34. The number of rotatable bonds is 8. The second kappa shape index (κ2) is 10.1. The Morgan fingerprint density at radius 3 is 2.04 bits per heavy atom. The minimum Gasteiger partial charge on any atom is -0.490 e. The lowest BCUT2D eigenvalue weighted by molar-refractivity contribution is 0.287. The van der Waals surface area contributed by atoms with Gasteiger partial charge in [-0.3, -0.25) is 0 Å². The second-order valence-corrected chi connectivity index (χ2v) is 4.88. The van der Waals surface area contributed by atoms with Gasteiger partial charge in [0, 0.05) is 13.1 Å². The zero-order valence-electron chi connectivity index (χ0n) is 13.5. The molecule has 0 aliphatic carbocycles. The highest BCUT2D eigenvalue weighted by molar-refractivity contribution is 5.85. The maximum atomic E-state index is 12.8. The third-order valence-electron chi connectivity index (χ3n) is 3.18. The smallest absolute Gasteiger partial charge is 0.161 e. The fraction of sp³-hybridized carbons (Fsp3) is 0.333. The van der Waals surface area contributed by atoms with Crippen LogP contribution in [-0.4, -0.2) is 13.2 Å². The van der Waals surface area contributed by atoms with E-state index in [1.165, 1.54) is 12.1 Å². The lowest BCUT2D eigenvalue weighted by Gasteiger charge is -2.13. The molecule has 0 radical (unpaired) electrons. The van der Waals surface area contributed by atoms with Crippen LogP contribution in [0.25, 0.3) is 0 Å². The molecule has 2 aromatic rings. The van der Waals surface area contributed by atoms with E-state index in [-0.39, 0.29) is 18.2 Å². The van der Waals surface area contributed by atoms with E-state index in [0.717, 1.165) is 22.6 Å². The Morgan fingerprint density at radius 2 is 1.39 bits per heavy atom. The van der Waals surface area contributed by atoms with Gasteiger partial charge in [-0.05, 0) is 49.2 Å². The zero-order valence-corrected chi connectivity index (χ0v) is 14.3. The summed E-state index contributed by atoms with van der Waals surface area (Å²) in [6, 6.07) is 12.5. The fourth-order valence-electron chi connectivity index (χ4n) is 2.16. The number of hydrogen-bond donors (Lipinski definition) is 1. The lowest BCUT2D eigenvalue weighted by atomic mass is 10.2. The van der Waals surface area contributed by atoms with Crippen molar-refractivity contribution < 1.29 is 13.9 Å². The predicted molar refractivity (Wildman–Crippen MR) is 93.0 cm³/mol. The van der Waals surface area contributed by atoms with Crippen LogP contribution in [0.15, 0.2) is 42.5 Å². The molecule has 1 N–H and O–H groups in total. The van der Waals surface area contributed by atoms with Gasteiger partial charge in [-0.15, -0.1) is 12.4 Å². The molecule has 0 unspecified atom stereocenters. The first-order valence-electron chi connectivity index (χ1n) is 7.56. The van der Waals surface area contributed by atoms with Crippen molar-refractivity contribution in [3.8, 4) is 11.5 Å². The molecule has 0 saturated carbocycles. The third kappa shape index (κ3) is 6.08. The molecule has 0 aliphatic heterocycles. The van der Waals surface area contributed by atoms with Crippen molar-refractivity contribution in [2.45, 2.75) is 26.9 Å². The summed E-state index contributed by atoms with van der Waals surface area (Å²) in [6.07, 6.45) is 0. The van der Waals surface area contributed by atoms with Crippen molar-refractivity contribution in [2.75, 3.05) is 13.2 Å². The molecule has 0 aromatic heterocycles. The Morgan fingerprint density at radius 1 is 0.826 bits per heavy atom. The van der Waals surface area contributed by atoms with Crippen molar-refractivity contribution in [3.05, 3.63) is 59.4 Å². The molecule has 0 heterocycles. The number of benzene rings is 2. The van der Waals surface area contributed by atoms with Gasteiger partial charge in [-0.2, -0.15) is 0 Å². The molecule has 0 atom stereocenters. The van der Waals surface area contributed by atoms with Crippen LogP contribution in [-0.2, 0) is 13.1 Å². The van der Waals surface area contributed by atoms with E-state index in [0.29, 0.717) is 26.3 Å². The molecule has 5 heteroatoms. The summed E-state index contributed by atoms with van der Waals surface area (Å²) >= 11 is 0. The normalized spacial score (nSPS) is 10.0. The van der Waals surface area contributed by atoms with Crippen LogP contribution < -0.4 is 14.8 Å². The van der Waals surface area contributed by atoms with E-state index >= 15 is 0 Å². The Kier molecular flexibility index (Phi) is 8.45. The molecular weight excluding hydrogens is 317 g/mol. The van der Waals surface area contributed by atoms with E-state index in [1.807, 2.05) is 32.0 Å². The molecule has 2 rings (SSSR count). The maximum Gasteiger partial charge on any atom is 0.161 e. The Labute approximate surface area is 143 Å². The number of nitrogens with one attached hydrogen (secondary N) is 1. The van der Waals surface area contributed by atoms with Crippen molar-refractivity contribution >= 4 is 12.4 Å². The summed E-state index contributed by atoms with van der Waals surface area (Å²) in [6.45, 7) is 6.53. The largest absolute Gasteiger partial charge is 0.490 e. The predicted octanol–water partition coefficient (Wildman–Crippen LogP) is 4.33. The highest BCUT2D eigenvalue weighted by atomic mass is 35.5. The van der Waals surface area contributed by atoms with Gasteiger partial charge >= 0.3 is 0 Å². The maximum absolute atomic E-state index is 12.8. The molecule has 126 valence electrons. The summed E-state index contributed by atoms with van der Waals surface area (Å²) in [5.74, 6) is 1.33. The van der Waals surface area contributed by atoms with E-state index in [9.17, 15) is 4.39 Å². The van der Waals surface area contributed by atoms with E-state index in [4.69, 9.17) is 9.47 Å². The zero-order chi connectivity index (χ0) is 15.8. The van der Waals surface area contributed by atoms with Crippen LogP contribution in [0.2, 0.25) is 0 Å². The molecule has 0 spiro atoms. The molecular formula is C18H23ClFNO2. The van der Waals surface area contributed by atoms with Gasteiger partial charge in [-0.1, -0.05) is 18.2 Å². The molecule has 0 aliphatic rings. The molecule has 3 nitrogen and oxygen atoms in total. The third-order valence-corrected chi connectivity index (χ3v) is 3.18. The minimum absolute atomic E-state index is 0. The Bertz CT molecular complexity index is 590. The van der Waals surface area contributed by atoms with Gasteiger partial charge in [0.05, 0.1) is 13.2 Å². The molecule has 0 amide bonds. The van der Waals surface area contributed by atoms with Gasteiger partial charge in [0.1, 0.15) is 5.82 Å². The Hall–Kier alpha value is -1.78. The average Bonchev–Trinajstić information content (AvgIpc) is 2.52. The Balaban J connectivity index is 0.00000264. The quantitative estimate of drug-likeness (QED) is 0.776. The summed E-state index contributed by atoms with van der Waals surface area (Å²) in [5.41, 5.74) is 2.17. The van der Waals surface area contributed by atoms with E-state index in [2.05, 4.69) is 5.32 Å². The molecule has 2 aromatic carbocycles. The summed E-state index contributed by atoms with van der Waals surface area (Å²) in [7, 11) is 0. The monoisotopic (exact) mass is 339 g/mol.